The largest absolute Gasteiger partial charge is 0.501 e. The molecule has 2 aliphatic heterocycles. The maximum Gasteiger partial charge on any atom is 0.220 e. The van der Waals surface area contributed by atoms with Gasteiger partial charge in [0.25, 0.3) is 0 Å². The molecule has 0 aliphatic carbocycles. The third-order valence-electron chi connectivity index (χ3n) is 16.1. The first-order valence-electron chi connectivity index (χ1n) is 27.0. The summed E-state index contributed by atoms with van der Waals surface area (Å²) in [7, 11) is 2.12. The van der Waals surface area contributed by atoms with Crippen LogP contribution in [0.25, 0.3) is 33.3 Å². The second-order valence-electron chi connectivity index (χ2n) is 23.2. The van der Waals surface area contributed by atoms with Crippen LogP contribution in [0.2, 0.25) is 13.1 Å². The Labute approximate surface area is 433 Å². The monoisotopic (exact) mass is 961 g/mol. The number of rotatable bonds is 22. The molecule has 3 atom stereocenters. The highest BCUT2D eigenvalue weighted by molar-refractivity contribution is 6.55. The molecule has 7 nitrogen and oxygen atoms in total. The van der Waals surface area contributed by atoms with E-state index >= 15 is 0 Å². The van der Waals surface area contributed by atoms with Crippen LogP contribution in [0, 0.1) is 35.0 Å². The second kappa shape index (κ2) is 24.6. The van der Waals surface area contributed by atoms with Gasteiger partial charge in [0.05, 0.1) is 35.5 Å². The van der Waals surface area contributed by atoms with E-state index in [0.29, 0.717) is 37.3 Å². The molecule has 2 aromatic heterocycles. The molecular weight excluding hydrogens is 868 g/mol. The van der Waals surface area contributed by atoms with Gasteiger partial charge in [0.15, 0.2) is 0 Å². The number of hydrogen-bond acceptors (Lipinski definition) is 6. The predicted octanol–water partition coefficient (Wildman–Crippen LogP) is 14.5. The molecule has 0 saturated carbocycles. The lowest BCUT2D eigenvalue weighted by Gasteiger charge is -2.41. The Bertz CT molecular complexity index is 2510. The van der Waals surface area contributed by atoms with E-state index in [9.17, 15) is 0 Å². The quantitative estimate of drug-likeness (QED) is 0.0366. The van der Waals surface area contributed by atoms with Crippen molar-refractivity contribution in [2.45, 2.75) is 164 Å². The van der Waals surface area contributed by atoms with Crippen LogP contribution in [-0.2, 0) is 24.1 Å². The smallest absolute Gasteiger partial charge is 0.220 e. The normalized spacial score (nSPS) is 16.2. The predicted molar refractivity (Wildman–Crippen MR) is 309 cm³/mol. The Morgan fingerprint density at radius 2 is 1.68 bits per heavy atom. The molecule has 4 aromatic rings. The van der Waals surface area contributed by atoms with Crippen molar-refractivity contribution in [3.8, 4) is 34.2 Å². The standard InChI is InChI=1S/C41H54BN3O.C22H39N3/c1-10-30(5)38-34(19-15-23-43-38)39-36(28-40(6,7)29-46-13-4)35-26-33(20-21-37(35)44(39)12-3)32-18-14-17-31(25-32)27-41(8,11-2)45-24-16-22-42(45)9;1-16(2)21(19(6)23)11-10-20-14-25(15-20)18(5)12-13-22(7,8)24(9)17(3)4/h11,13-15,17-21,23,25-26,30H,2,4,10,12,16,22,24,27-29H2,1,3,5-9H3;16-17,20-21H,5-6,10-11,14-15,23H2,1-4,7-9H3. The summed E-state index contributed by atoms with van der Waals surface area (Å²) < 4.78 is 8.28. The minimum atomic E-state index is -0.145. The molecule has 0 spiro atoms. The van der Waals surface area contributed by atoms with E-state index < -0.39 is 0 Å². The van der Waals surface area contributed by atoms with Crippen molar-refractivity contribution in [3.63, 3.8) is 0 Å². The Hall–Kier alpha value is -4.97. The van der Waals surface area contributed by atoms with E-state index in [1.54, 1.807) is 6.26 Å². The molecule has 2 aromatic carbocycles. The van der Waals surface area contributed by atoms with Crippen LogP contribution >= 0.6 is 0 Å². The summed E-state index contributed by atoms with van der Waals surface area (Å²) in [5.41, 5.74) is 17.6. The molecule has 2 aliphatic rings. The number of fused-ring (bicyclic) bond motifs is 1. The highest BCUT2D eigenvalue weighted by atomic mass is 16.5. The van der Waals surface area contributed by atoms with Crippen molar-refractivity contribution in [3.05, 3.63) is 128 Å². The number of ether oxygens (including phenoxy) is 1. The second-order valence-corrected chi connectivity index (χ2v) is 23.2. The third kappa shape index (κ3) is 14.0. The summed E-state index contributed by atoms with van der Waals surface area (Å²) in [6.45, 7) is 50.8. The average molecular weight is 961 g/mol. The molecule has 2 N–H and O–H groups in total. The zero-order valence-electron chi connectivity index (χ0n) is 46.9. The Morgan fingerprint density at radius 3 is 2.27 bits per heavy atom. The number of likely N-dealkylation sites (tertiary alicyclic amines) is 1. The first kappa shape index (κ1) is 56.9. The fourth-order valence-electron chi connectivity index (χ4n) is 11.1. The molecule has 0 radical (unpaired) electrons. The molecule has 0 amide bonds. The maximum atomic E-state index is 5.94. The molecule has 2 fully saturated rings. The number of nitrogens with two attached hydrogens (primary N) is 1. The number of allylic oxidation sites excluding steroid dienone is 2. The number of aromatic nitrogens is 2. The summed E-state index contributed by atoms with van der Waals surface area (Å²) in [4.78, 5) is 12.2. The third-order valence-corrected chi connectivity index (χ3v) is 16.1. The van der Waals surface area contributed by atoms with Gasteiger partial charge in [-0.1, -0.05) is 117 Å². The van der Waals surface area contributed by atoms with Crippen molar-refractivity contribution in [2.75, 3.05) is 33.3 Å². The van der Waals surface area contributed by atoms with E-state index in [1.165, 1.54) is 69.3 Å². The van der Waals surface area contributed by atoms with Crippen molar-refractivity contribution < 1.29 is 4.74 Å². The molecule has 384 valence electrons. The number of benzene rings is 2. The summed E-state index contributed by atoms with van der Waals surface area (Å²) in [5.74, 6) is 8.77. The number of aryl methyl sites for hydroxylation is 1. The molecule has 0 bridgehead atoms. The van der Waals surface area contributed by atoms with E-state index in [0.717, 1.165) is 69.2 Å². The van der Waals surface area contributed by atoms with Gasteiger partial charge in [-0.2, -0.15) is 0 Å². The Morgan fingerprint density at radius 1 is 0.972 bits per heavy atom. The van der Waals surface area contributed by atoms with Gasteiger partial charge in [-0.25, -0.2) is 0 Å². The van der Waals surface area contributed by atoms with Crippen LogP contribution in [0.5, 0.6) is 0 Å². The number of nitrogens with zero attached hydrogens (tertiary/aromatic N) is 5. The van der Waals surface area contributed by atoms with Crippen LogP contribution in [0.15, 0.2) is 111 Å². The average Bonchev–Trinajstić information content (AvgIpc) is 3.90. The molecule has 2 saturated heterocycles. The summed E-state index contributed by atoms with van der Waals surface area (Å²) in [5, 5.41) is 1.31. The molecule has 6 rings (SSSR count). The van der Waals surface area contributed by atoms with Gasteiger partial charge in [0.1, 0.15) is 0 Å². The molecule has 71 heavy (non-hydrogen) atoms. The minimum absolute atomic E-state index is 0.0605. The van der Waals surface area contributed by atoms with Gasteiger partial charge in [0, 0.05) is 70.9 Å². The van der Waals surface area contributed by atoms with Gasteiger partial charge in [0.2, 0.25) is 6.85 Å². The van der Waals surface area contributed by atoms with Gasteiger partial charge < -0.3 is 24.7 Å². The molecular formula is C63H93BN6O. The lowest BCUT2D eigenvalue weighted by molar-refractivity contribution is 0.133. The summed E-state index contributed by atoms with van der Waals surface area (Å²) >= 11 is 0. The van der Waals surface area contributed by atoms with Crippen LogP contribution in [0.3, 0.4) is 0 Å². The van der Waals surface area contributed by atoms with Crippen molar-refractivity contribution in [1.29, 1.82) is 0 Å². The fraction of sp³-hybridized carbons (Fsp3) is 0.540. The number of hydrogen-bond donors (Lipinski definition) is 1. The summed E-state index contributed by atoms with van der Waals surface area (Å²) in [6.07, 6.45) is 13.4. The fourth-order valence-corrected chi connectivity index (χ4v) is 11.1. The maximum absolute atomic E-state index is 5.94. The first-order valence-corrected chi connectivity index (χ1v) is 27.0. The van der Waals surface area contributed by atoms with E-state index in [1.807, 2.05) is 6.20 Å². The van der Waals surface area contributed by atoms with Gasteiger partial charge in [-0.15, -0.1) is 6.58 Å². The van der Waals surface area contributed by atoms with E-state index in [-0.39, 0.29) is 16.5 Å². The Balaban J connectivity index is 0.000000318. The SMILES string of the molecule is C=C(N)C(CCC1CN(C(=C)C#CC(C)(C)N(C)C(C)C)C1)C(C)C.C=COCC(C)(C)Cc1c(-c2cccnc2C(C)CC)n(CC)c2ccc(-c3cccc(CC(C)(C=C)N4CCCB4C)c3)cc12. The van der Waals surface area contributed by atoms with Gasteiger partial charge in [-0.05, 0) is 164 Å². The zero-order valence-corrected chi connectivity index (χ0v) is 46.9. The molecule has 8 heteroatoms. The van der Waals surface area contributed by atoms with Crippen LogP contribution < -0.4 is 5.73 Å². The van der Waals surface area contributed by atoms with Crippen molar-refractivity contribution in [1.82, 2.24) is 24.2 Å². The van der Waals surface area contributed by atoms with Crippen LogP contribution in [0.4, 0.5) is 0 Å². The van der Waals surface area contributed by atoms with E-state index in [4.69, 9.17) is 15.5 Å². The van der Waals surface area contributed by atoms with Gasteiger partial charge in [-0.3, -0.25) is 9.88 Å². The highest BCUT2D eigenvalue weighted by Crippen LogP contribution is 2.42. The molecule has 3 unspecified atom stereocenters. The van der Waals surface area contributed by atoms with Crippen LogP contribution in [0.1, 0.15) is 132 Å². The lowest BCUT2D eigenvalue weighted by Crippen LogP contribution is -2.50. The number of pyridine rings is 1. The highest BCUT2D eigenvalue weighted by Gasteiger charge is 2.37. The van der Waals surface area contributed by atoms with Gasteiger partial charge >= 0.3 is 0 Å². The topological polar surface area (TPSA) is 62.8 Å². The zero-order chi connectivity index (χ0) is 52.4. The summed E-state index contributed by atoms with van der Waals surface area (Å²) in [6, 6.07) is 21.1. The van der Waals surface area contributed by atoms with Crippen LogP contribution in [-0.4, -0.2) is 81.4 Å². The van der Waals surface area contributed by atoms with E-state index in [2.05, 4.69) is 215 Å². The first-order chi connectivity index (χ1) is 33.5. The van der Waals surface area contributed by atoms with Crippen molar-refractivity contribution >= 4 is 17.8 Å². The minimum Gasteiger partial charge on any atom is -0.501 e. The Kier molecular flexibility index (Phi) is 19.8. The molecule has 4 heterocycles. The van der Waals surface area contributed by atoms with Crippen molar-refractivity contribution in [2.24, 2.45) is 28.9 Å². The lowest BCUT2D eigenvalue weighted by atomic mass is 9.60.